The minimum absolute atomic E-state index is 0. The molecule has 2 saturated heterocycles. The van der Waals surface area contributed by atoms with Crippen LogP contribution in [0.2, 0.25) is 0 Å². The van der Waals surface area contributed by atoms with Gasteiger partial charge in [0.25, 0.3) is 0 Å². The SMILES string of the molecule is C=CC[N+]1(C)CCN([C@H]2C[C@H]3[C@@H]4CC[C@H]5C[C@H](OC(C)=O)[C@@H](N6CCC(=O)CC6)C[C@]5(C)[C@H]4CC[C@]3(C)[C@H]2OC(C)=O)CC1.[Br-]. The molecule has 254 valence electrons. The number of likely N-dealkylation sites (N-methyl/N-ethyl adjacent to an activating group) is 1. The third-order valence-corrected chi connectivity index (χ3v) is 13.9. The van der Waals surface area contributed by atoms with E-state index in [2.05, 4.69) is 43.3 Å². The number of fused-ring (bicyclic) bond motifs is 5. The van der Waals surface area contributed by atoms with Crippen LogP contribution in [-0.2, 0) is 23.9 Å². The van der Waals surface area contributed by atoms with Crippen molar-refractivity contribution < 1.29 is 45.3 Å². The summed E-state index contributed by atoms with van der Waals surface area (Å²) in [5.41, 5.74) is 0.177. The number of rotatable bonds is 6. The molecule has 0 aromatic carbocycles. The number of carbonyl (C=O) groups excluding carboxylic acids is 3. The number of esters is 2. The van der Waals surface area contributed by atoms with Gasteiger partial charge in [0.1, 0.15) is 18.0 Å². The van der Waals surface area contributed by atoms with Crippen LogP contribution < -0.4 is 17.0 Å². The molecule has 10 atom stereocenters. The van der Waals surface area contributed by atoms with E-state index in [1.165, 1.54) is 19.3 Å². The van der Waals surface area contributed by atoms with E-state index in [0.717, 1.165) is 76.0 Å². The second-order valence-corrected chi connectivity index (χ2v) is 16.3. The lowest BCUT2D eigenvalue weighted by molar-refractivity contribution is -0.908. The minimum Gasteiger partial charge on any atom is -1.00 e. The Hall–Kier alpha value is -1.29. The molecule has 4 aliphatic carbocycles. The van der Waals surface area contributed by atoms with Crippen molar-refractivity contribution in [1.29, 1.82) is 0 Å². The highest BCUT2D eigenvalue weighted by Crippen LogP contribution is 2.67. The first-order valence-corrected chi connectivity index (χ1v) is 17.7. The monoisotopic (exact) mass is 691 g/mol. The molecule has 9 heteroatoms. The summed E-state index contributed by atoms with van der Waals surface area (Å²) < 4.78 is 13.4. The highest BCUT2D eigenvalue weighted by Gasteiger charge is 2.65. The molecule has 0 aromatic heterocycles. The van der Waals surface area contributed by atoms with E-state index in [9.17, 15) is 14.4 Å². The Kier molecular flexibility index (Phi) is 10.4. The van der Waals surface area contributed by atoms with Gasteiger partial charge in [0.2, 0.25) is 0 Å². The topological polar surface area (TPSA) is 76.2 Å². The largest absolute Gasteiger partial charge is 1.00 e. The smallest absolute Gasteiger partial charge is 0.302 e. The molecular weight excluding hydrogens is 634 g/mol. The standard InChI is InChI=1S/C36H58N3O5.BrH/c1-7-18-39(6)19-16-38(17-20-39)31-22-30-28-9-8-26-21-33(43-24(2)40)32(37-14-11-27(42)12-15-37)23-36(26,5)29(28)10-13-35(30,4)34(31)44-25(3)41;/h7,26,28-34H,1,8-23H2,2-6H3;1H/q+1;/p-1/t26-,28+,29-,30-,31-,32-,33-,34-,35-,36-;/m0./s1. The first kappa shape index (κ1) is 35.0. The number of piperazine rings is 1. The predicted octanol–water partition coefficient (Wildman–Crippen LogP) is 1.47. The Morgan fingerprint density at radius 2 is 1.56 bits per heavy atom. The van der Waals surface area contributed by atoms with Crippen molar-refractivity contribution in [1.82, 2.24) is 9.80 Å². The van der Waals surface area contributed by atoms with Crippen LogP contribution >= 0.6 is 0 Å². The predicted molar refractivity (Wildman–Crippen MR) is 170 cm³/mol. The van der Waals surface area contributed by atoms with Gasteiger partial charge in [-0.2, -0.15) is 0 Å². The maximum absolute atomic E-state index is 12.6. The van der Waals surface area contributed by atoms with E-state index >= 15 is 0 Å². The van der Waals surface area contributed by atoms with Crippen LogP contribution in [-0.4, -0.2) is 109 Å². The molecular formula is C36H58BrN3O5. The maximum atomic E-state index is 12.6. The molecule has 4 saturated carbocycles. The molecule has 8 nitrogen and oxygen atoms in total. The fraction of sp³-hybridized carbons (Fsp3) is 0.861. The average molecular weight is 693 g/mol. The molecule has 0 bridgehead atoms. The van der Waals surface area contributed by atoms with Crippen molar-refractivity contribution >= 4 is 17.7 Å². The molecule has 2 aliphatic heterocycles. The zero-order valence-corrected chi connectivity index (χ0v) is 30.1. The molecule has 0 spiro atoms. The van der Waals surface area contributed by atoms with Crippen LogP contribution in [0.3, 0.4) is 0 Å². The molecule has 0 radical (unpaired) electrons. The number of ether oxygens (including phenoxy) is 2. The summed E-state index contributed by atoms with van der Waals surface area (Å²) in [6, 6.07) is 0.468. The number of carbonyl (C=O) groups is 3. The number of halogens is 1. The number of hydrogen-bond donors (Lipinski definition) is 0. The van der Waals surface area contributed by atoms with E-state index in [-0.39, 0.29) is 64.0 Å². The van der Waals surface area contributed by atoms with Crippen molar-refractivity contribution in [2.45, 2.75) is 110 Å². The van der Waals surface area contributed by atoms with E-state index in [4.69, 9.17) is 9.47 Å². The van der Waals surface area contributed by atoms with Crippen LogP contribution in [0.25, 0.3) is 0 Å². The van der Waals surface area contributed by atoms with Crippen molar-refractivity contribution in [3.8, 4) is 0 Å². The number of nitrogens with zero attached hydrogens (tertiary/aromatic N) is 3. The quantitative estimate of drug-likeness (QED) is 0.237. The van der Waals surface area contributed by atoms with Crippen molar-refractivity contribution in [2.24, 2.45) is 34.5 Å². The zero-order valence-electron chi connectivity index (χ0n) is 28.5. The summed E-state index contributed by atoms with van der Waals surface area (Å²) in [5.74, 6) is 2.36. The number of Topliss-reactive ketones (excluding diaryl/α,β-unsaturated/α-hetero) is 1. The van der Waals surface area contributed by atoms with Gasteiger partial charge in [-0.25, -0.2) is 0 Å². The summed E-state index contributed by atoms with van der Waals surface area (Å²) >= 11 is 0. The van der Waals surface area contributed by atoms with Crippen LogP contribution in [0, 0.1) is 34.5 Å². The molecule has 2 heterocycles. The van der Waals surface area contributed by atoms with Gasteiger partial charge in [0.15, 0.2) is 0 Å². The first-order valence-electron chi connectivity index (χ1n) is 17.7. The van der Waals surface area contributed by atoms with E-state index < -0.39 is 0 Å². The molecule has 0 amide bonds. The Labute approximate surface area is 282 Å². The number of ketones is 1. The minimum atomic E-state index is -0.186. The molecule has 0 N–H and O–H groups in total. The lowest BCUT2D eigenvalue weighted by Gasteiger charge is -2.62. The van der Waals surface area contributed by atoms with Crippen molar-refractivity contribution in [3.05, 3.63) is 12.7 Å². The van der Waals surface area contributed by atoms with Crippen LogP contribution in [0.4, 0.5) is 0 Å². The van der Waals surface area contributed by atoms with Crippen LogP contribution in [0.1, 0.15) is 85.5 Å². The van der Waals surface area contributed by atoms with Crippen molar-refractivity contribution in [2.75, 3.05) is 52.9 Å². The molecule has 0 unspecified atom stereocenters. The Morgan fingerprint density at radius 1 is 0.911 bits per heavy atom. The van der Waals surface area contributed by atoms with Gasteiger partial charge in [0, 0.05) is 70.4 Å². The third-order valence-electron chi connectivity index (χ3n) is 13.9. The van der Waals surface area contributed by atoms with Crippen LogP contribution in [0.15, 0.2) is 12.7 Å². The van der Waals surface area contributed by atoms with Gasteiger partial charge in [-0.15, -0.1) is 0 Å². The average Bonchev–Trinajstić information content (AvgIpc) is 3.25. The molecule has 45 heavy (non-hydrogen) atoms. The highest BCUT2D eigenvalue weighted by atomic mass is 79.9. The third kappa shape index (κ3) is 6.46. The van der Waals surface area contributed by atoms with Gasteiger partial charge in [-0.1, -0.05) is 20.4 Å². The van der Waals surface area contributed by atoms with E-state index in [0.29, 0.717) is 42.3 Å². The van der Waals surface area contributed by atoms with Gasteiger partial charge in [0.05, 0.1) is 26.7 Å². The number of likely N-dealkylation sites (tertiary alicyclic amines) is 1. The maximum Gasteiger partial charge on any atom is 0.302 e. The molecule has 6 fully saturated rings. The Bertz CT molecular complexity index is 1130. The summed E-state index contributed by atoms with van der Waals surface area (Å²) in [7, 11) is 2.34. The second kappa shape index (κ2) is 13.3. The molecule has 6 aliphatic rings. The van der Waals surface area contributed by atoms with Crippen molar-refractivity contribution in [3.63, 3.8) is 0 Å². The molecule has 6 rings (SSSR count). The summed E-state index contributed by atoms with van der Waals surface area (Å²) in [5, 5.41) is 0. The number of piperidine rings is 1. The van der Waals surface area contributed by atoms with Gasteiger partial charge in [-0.3, -0.25) is 24.2 Å². The normalized spacial score (nSPS) is 43.2. The van der Waals surface area contributed by atoms with Gasteiger partial charge < -0.3 is 30.9 Å². The Balaban J connectivity index is 0.00000400. The fourth-order valence-electron chi connectivity index (χ4n) is 11.6. The summed E-state index contributed by atoms with van der Waals surface area (Å²) in [4.78, 5) is 42.0. The van der Waals surface area contributed by atoms with E-state index in [1.54, 1.807) is 13.8 Å². The Morgan fingerprint density at radius 3 is 2.18 bits per heavy atom. The van der Waals surface area contributed by atoms with Gasteiger partial charge in [-0.05, 0) is 80.1 Å². The van der Waals surface area contributed by atoms with E-state index in [1.807, 2.05) is 0 Å². The number of hydrogen-bond acceptors (Lipinski definition) is 7. The lowest BCUT2D eigenvalue weighted by Crippen LogP contribution is -3.00. The van der Waals surface area contributed by atoms with Crippen LogP contribution in [0.5, 0.6) is 0 Å². The second-order valence-electron chi connectivity index (χ2n) is 16.3. The zero-order chi connectivity index (χ0) is 31.4. The number of quaternary nitrogens is 1. The lowest BCUT2D eigenvalue weighted by atomic mass is 9.44. The summed E-state index contributed by atoms with van der Waals surface area (Å²) in [6.07, 6.45) is 10.9. The highest BCUT2D eigenvalue weighted by molar-refractivity contribution is 5.79. The van der Waals surface area contributed by atoms with Gasteiger partial charge >= 0.3 is 11.9 Å². The summed E-state index contributed by atoms with van der Waals surface area (Å²) in [6.45, 7) is 19.0. The first-order chi connectivity index (χ1) is 20.9. The molecule has 0 aromatic rings. The fourth-order valence-corrected chi connectivity index (χ4v) is 11.6.